The van der Waals surface area contributed by atoms with Gasteiger partial charge in [-0.3, -0.25) is 0 Å². The average molecular weight is 2220 g/mol. The van der Waals surface area contributed by atoms with Gasteiger partial charge in [0.25, 0.3) is 0 Å². The van der Waals surface area contributed by atoms with Crippen molar-refractivity contribution < 1.29 is 268 Å². The van der Waals surface area contributed by atoms with E-state index in [9.17, 15) is 69.8 Å². The topological polar surface area (TPSA) is 190 Å². The molecule has 0 saturated heterocycles. The second-order valence-corrected chi connectivity index (χ2v) is 34.7. The van der Waals surface area contributed by atoms with E-state index < -0.39 is 399 Å². The molecular weight excluding hydrogens is 2200 g/mol. The molecule has 1 N–H and O–H groups in total. The number of halogens is 34. The molecule has 0 fully saturated rings. The third-order valence-corrected chi connectivity index (χ3v) is 25.0. The average Bonchev–Trinajstić information content (AvgIpc) is 0.720. The Hall–Kier alpha value is -13.1. The molecule has 0 unspecified atom stereocenters. The molecule has 55 heteroatoms. The van der Waals surface area contributed by atoms with Gasteiger partial charge in [-0.1, -0.05) is 95.1 Å². The molecule has 0 aliphatic heterocycles. The maximum absolute atomic E-state index is 15.8. The molecule has 0 spiro atoms. The number of ether oxygens (including phenoxy) is 6. The minimum Gasteiger partial charge on any atom is -0.744 e. The van der Waals surface area contributed by atoms with Crippen molar-refractivity contribution in [3.8, 4) is 112 Å². The molecule has 0 radical (unpaired) electrons. The number of fused-ring (bicyclic) bond motifs is 2. The van der Waals surface area contributed by atoms with Crippen LogP contribution < -0.4 is 87.5 Å². The minimum atomic E-state index is -5.33. The van der Waals surface area contributed by atoms with Crippen LogP contribution in [0, 0.1) is 235 Å². The number of hydrogen-bond donors (Lipinski definition) is 1. The first kappa shape index (κ1) is 114. The van der Waals surface area contributed by atoms with Gasteiger partial charge in [0.05, 0.1) is 49.0 Å². The van der Waals surface area contributed by atoms with Crippen LogP contribution in [0.25, 0.3) is 21.5 Å². The molecule has 0 atom stereocenters. The standard InChI is InChI=1S/C50H16F16O7S3.C34H6F18O5S3.C8H6O.2Na/c1-3-18-7-5-9-22(13-18)70-43-27(51)35(59)47(36(60)28(43)52)74-49-39(63)31(55)45(32(56)40(49)64)72-25-16-20-11-12-24(76(67,68)69)15-21(20)17-26(25)73-46-33(57)41(65)50(42(66)34(46)58)75-48-37(61)29(53)44(30(54)38(48)62)71-23-10-6-8-19(4-2)14-23;35-11-13(37)21(45)31(22(46)14(11)38)58-33-25(49)17(41)29(18(42)26(33)50)56-9-4-6-1-2-8(60(53,54)55)3-7(6)5-10(9)57-30-19(43)27(51)34(28(52)20(30)44)59-32-23(47)15(39)12(36)16(40)24(32)48;1-2-7-4-3-5-8(9)6-7;;/h1-2,5-17H,(H,67,68,69);1-5H,(H,53,54,55);1,3-6,9H;;/q;;;2*+1/p-2. The normalized spacial score (nSPS) is 11.2. The number of terminal acetylenes is 3. The predicted molar refractivity (Wildman–Crippen MR) is 436 cm³/mol. The summed E-state index contributed by atoms with van der Waals surface area (Å²) in [5.41, 5.74) is 0.859. The summed E-state index contributed by atoms with van der Waals surface area (Å²) < 4.78 is 608. The maximum atomic E-state index is 15.8. The van der Waals surface area contributed by atoms with Gasteiger partial charge in [-0.05, 0) is 125 Å². The fraction of sp³-hybridized carbons (Fsp3) is 0. The summed E-state index contributed by atoms with van der Waals surface area (Å²) in [6.45, 7) is 0. The second-order valence-electron chi connectivity index (χ2n) is 27.9. The van der Waals surface area contributed by atoms with Gasteiger partial charge < -0.3 is 42.6 Å². The quantitative estimate of drug-likeness (QED) is 0.0168. The van der Waals surface area contributed by atoms with E-state index in [1.165, 1.54) is 24.3 Å². The molecule has 147 heavy (non-hydrogen) atoms. The fourth-order valence-corrected chi connectivity index (χ4v) is 16.7. The summed E-state index contributed by atoms with van der Waals surface area (Å²) in [6, 6.07) is 21.4. The van der Waals surface area contributed by atoms with Crippen LogP contribution in [0.1, 0.15) is 16.7 Å². The largest absolute Gasteiger partial charge is 1.00 e. The van der Waals surface area contributed by atoms with Crippen molar-refractivity contribution >= 4 is 88.8 Å². The Kier molecular flexibility index (Phi) is 35.2. The summed E-state index contributed by atoms with van der Waals surface area (Å²) in [5, 5.41) is 6.99. The van der Waals surface area contributed by atoms with Crippen molar-refractivity contribution in [2.24, 2.45) is 0 Å². The van der Waals surface area contributed by atoms with E-state index in [1.54, 1.807) is 24.3 Å². The van der Waals surface area contributed by atoms with Crippen LogP contribution in [0.3, 0.4) is 0 Å². The van der Waals surface area contributed by atoms with Crippen LogP contribution in [0.5, 0.6) is 74.7 Å². The third kappa shape index (κ3) is 22.7. The number of benzene rings is 15. The van der Waals surface area contributed by atoms with Crippen molar-refractivity contribution in [2.75, 3.05) is 0 Å². The van der Waals surface area contributed by atoms with Crippen molar-refractivity contribution in [1.82, 2.24) is 0 Å². The van der Waals surface area contributed by atoms with Crippen molar-refractivity contribution in [3.05, 3.63) is 348 Å². The molecule has 15 aromatic rings. The molecule has 15 aromatic carbocycles. The molecule has 0 heterocycles. The zero-order chi connectivity index (χ0) is 107. The minimum absolute atomic E-state index is 0. The maximum Gasteiger partial charge on any atom is 1.00 e. The Morgan fingerprint density at radius 3 is 0.605 bits per heavy atom. The van der Waals surface area contributed by atoms with Gasteiger partial charge >= 0.3 is 59.1 Å². The molecule has 0 saturated carbocycles. The van der Waals surface area contributed by atoms with Gasteiger partial charge in [0.15, 0.2) is 139 Å². The Labute approximate surface area is 858 Å². The molecule has 0 bridgehead atoms. The number of aromatic hydroxyl groups is 1. The summed E-state index contributed by atoms with van der Waals surface area (Å²) in [5.74, 6) is -99.9. The zero-order valence-electron chi connectivity index (χ0n) is 70.6. The van der Waals surface area contributed by atoms with Gasteiger partial charge in [-0.2, -0.15) is 52.7 Å². The van der Waals surface area contributed by atoms with Gasteiger partial charge in [0, 0.05) is 16.7 Å². The molecule has 0 amide bonds. The first-order chi connectivity index (χ1) is 68.1. The van der Waals surface area contributed by atoms with Gasteiger partial charge in [-0.25, -0.2) is 113 Å². The molecule has 15 rings (SSSR count). The van der Waals surface area contributed by atoms with E-state index >= 15 is 105 Å². The van der Waals surface area contributed by atoms with Crippen LogP contribution in [-0.4, -0.2) is 31.0 Å². The van der Waals surface area contributed by atoms with E-state index in [-0.39, 0.29) is 81.4 Å². The number of phenolic OH excluding ortho intramolecular Hbond substituents is 1. The molecule has 748 valence electrons. The van der Waals surface area contributed by atoms with Crippen LogP contribution in [0.15, 0.2) is 182 Å². The molecule has 13 nitrogen and oxygen atoms in total. The Balaban J connectivity index is 0.000000259. The number of phenols is 1. The van der Waals surface area contributed by atoms with E-state index in [4.69, 9.17) is 52.8 Å². The van der Waals surface area contributed by atoms with E-state index in [2.05, 4.69) is 17.8 Å². The van der Waals surface area contributed by atoms with Crippen LogP contribution in [-0.2, 0) is 20.2 Å². The summed E-state index contributed by atoms with van der Waals surface area (Å²) >= 11 is -3.97. The van der Waals surface area contributed by atoms with E-state index in [1.807, 2.05) is 0 Å². The monoisotopic (exact) mass is 2220 g/mol. The van der Waals surface area contributed by atoms with Crippen molar-refractivity contribution in [1.29, 1.82) is 0 Å². The number of hydrogen-bond acceptors (Lipinski definition) is 17. The predicted octanol–water partition coefficient (Wildman–Crippen LogP) is 22.9. The number of rotatable bonds is 22. The SMILES string of the molecule is C#Cc1cccc(O)c1.C#Cc1cccc(Oc2c(F)c(F)c(Sc3c(F)c(F)c(Oc4cc5ccc(S(=O)(=O)[O-])cc5cc4Oc4c(F)c(F)c(Sc5c(F)c(F)c(Oc6cccc(C#C)c6)c(F)c5F)c(F)c4F)c(F)c3F)c(F)c2F)c1.O=S(=O)([O-])c1ccc2cc(Oc3c(F)c(F)c(Sc4c(F)c(F)c(F)c(F)c4F)c(F)c3F)c(Oc3c(F)c(F)c(Sc4c(F)c(F)c(F)c(F)c4F)c(F)c3F)cc2c1.[Na+].[Na+]. The second kappa shape index (κ2) is 45.3. The van der Waals surface area contributed by atoms with Crippen LogP contribution in [0.2, 0.25) is 0 Å². The fourth-order valence-electron chi connectivity index (χ4n) is 12.0. The summed E-state index contributed by atoms with van der Waals surface area (Å²) in [6.07, 6.45) is 15.5. The summed E-state index contributed by atoms with van der Waals surface area (Å²) in [7, 11) is -10.6. The molecule has 0 aromatic heterocycles. The Bertz CT molecular complexity index is 8200. The van der Waals surface area contributed by atoms with Gasteiger partial charge in [-0.15, -0.1) is 19.3 Å². The third-order valence-electron chi connectivity index (χ3n) is 18.9. The smallest absolute Gasteiger partial charge is 0.744 e. The first-order valence-electron chi connectivity index (χ1n) is 37.5. The molecule has 0 aliphatic carbocycles. The van der Waals surface area contributed by atoms with E-state index in [0.717, 1.165) is 36.4 Å². The summed E-state index contributed by atoms with van der Waals surface area (Å²) in [4.78, 5) is -18.3. The van der Waals surface area contributed by atoms with Crippen LogP contribution >= 0.6 is 47.0 Å². The van der Waals surface area contributed by atoms with Crippen molar-refractivity contribution in [3.63, 3.8) is 0 Å². The van der Waals surface area contributed by atoms with Gasteiger partial charge in [0.2, 0.25) is 116 Å². The zero-order valence-corrected chi connectivity index (χ0v) is 79.5. The van der Waals surface area contributed by atoms with Crippen LogP contribution in [0.4, 0.5) is 149 Å². The molecule has 0 aliphatic rings. The Morgan fingerprint density at radius 2 is 0.408 bits per heavy atom. The molecular formula is C92H26F34Na2O13S6. The first-order valence-corrected chi connectivity index (χ1v) is 43.6. The van der Waals surface area contributed by atoms with E-state index in [0.29, 0.717) is 54.1 Å². The van der Waals surface area contributed by atoms with Gasteiger partial charge in [0.1, 0.15) is 37.5 Å². The van der Waals surface area contributed by atoms with Crippen molar-refractivity contribution in [2.45, 2.75) is 49.0 Å². The Morgan fingerprint density at radius 1 is 0.224 bits per heavy atom.